The average molecular weight is 271 g/mol. The number of hydrogen-bond donors (Lipinski definition) is 1. The molecule has 20 heavy (non-hydrogen) atoms. The van der Waals surface area contributed by atoms with Crippen LogP contribution in [0.1, 0.15) is 11.3 Å². The lowest BCUT2D eigenvalue weighted by Crippen LogP contribution is -2.45. The summed E-state index contributed by atoms with van der Waals surface area (Å²) in [5.74, 6) is 0.956. The van der Waals surface area contributed by atoms with E-state index in [4.69, 9.17) is 15.7 Å². The van der Waals surface area contributed by atoms with Crippen molar-refractivity contribution in [2.75, 3.05) is 38.1 Å². The van der Waals surface area contributed by atoms with Gasteiger partial charge in [0.05, 0.1) is 16.7 Å². The maximum atomic E-state index is 5.87. The summed E-state index contributed by atoms with van der Waals surface area (Å²) in [7, 11) is 2.15. The number of aryl methyl sites for hydroxylation is 1. The lowest BCUT2D eigenvalue weighted by atomic mass is 10.2. The van der Waals surface area contributed by atoms with Gasteiger partial charge in [-0.3, -0.25) is 0 Å². The second kappa shape index (κ2) is 5.34. The standard InChI is InChI=1S/C15H21N5/c1-11-3-4-12-13(9-11)17-14(10-16)15(18-12)20-7-5-19(2)6-8-20/h3-4,9H,5-8,10,16H2,1-2H3. The molecule has 1 aromatic carbocycles. The number of nitrogens with zero attached hydrogens (tertiary/aromatic N) is 4. The van der Waals surface area contributed by atoms with E-state index in [1.54, 1.807) is 0 Å². The summed E-state index contributed by atoms with van der Waals surface area (Å²) in [5, 5.41) is 0. The molecule has 0 spiro atoms. The van der Waals surface area contributed by atoms with Crippen molar-refractivity contribution in [2.24, 2.45) is 5.73 Å². The molecule has 2 N–H and O–H groups in total. The van der Waals surface area contributed by atoms with Crippen molar-refractivity contribution in [1.29, 1.82) is 0 Å². The van der Waals surface area contributed by atoms with E-state index in [9.17, 15) is 0 Å². The van der Waals surface area contributed by atoms with Gasteiger partial charge >= 0.3 is 0 Å². The maximum absolute atomic E-state index is 5.87. The monoisotopic (exact) mass is 271 g/mol. The third-order valence-electron chi connectivity index (χ3n) is 3.87. The van der Waals surface area contributed by atoms with Gasteiger partial charge in [0.25, 0.3) is 0 Å². The van der Waals surface area contributed by atoms with E-state index < -0.39 is 0 Å². The minimum Gasteiger partial charge on any atom is -0.352 e. The predicted octanol–water partition coefficient (Wildman–Crippen LogP) is 1.15. The van der Waals surface area contributed by atoms with Crippen LogP contribution in [0.25, 0.3) is 11.0 Å². The topological polar surface area (TPSA) is 58.3 Å². The Morgan fingerprint density at radius 1 is 1.10 bits per heavy atom. The van der Waals surface area contributed by atoms with Crippen LogP contribution < -0.4 is 10.6 Å². The Labute approximate surface area is 119 Å². The summed E-state index contributed by atoms with van der Waals surface area (Å²) in [5.41, 5.74) is 9.85. The first-order valence-electron chi connectivity index (χ1n) is 7.08. The summed E-state index contributed by atoms with van der Waals surface area (Å²) >= 11 is 0. The van der Waals surface area contributed by atoms with Crippen molar-refractivity contribution in [3.63, 3.8) is 0 Å². The molecule has 1 aliphatic heterocycles. The van der Waals surface area contributed by atoms with Crippen molar-refractivity contribution in [3.8, 4) is 0 Å². The van der Waals surface area contributed by atoms with Crippen LogP contribution in [0, 0.1) is 6.92 Å². The van der Waals surface area contributed by atoms with Crippen molar-refractivity contribution in [3.05, 3.63) is 29.5 Å². The number of likely N-dealkylation sites (N-methyl/N-ethyl adjacent to an activating group) is 1. The third-order valence-corrected chi connectivity index (χ3v) is 3.87. The summed E-state index contributed by atoms with van der Waals surface area (Å²) in [6.45, 7) is 6.57. The Bertz CT molecular complexity index is 617. The number of fused-ring (bicyclic) bond motifs is 1. The van der Waals surface area contributed by atoms with Crippen molar-refractivity contribution in [1.82, 2.24) is 14.9 Å². The molecular weight excluding hydrogens is 250 g/mol. The number of benzene rings is 1. The van der Waals surface area contributed by atoms with Crippen LogP contribution in [0.4, 0.5) is 5.82 Å². The molecule has 0 bridgehead atoms. The first kappa shape index (κ1) is 13.3. The highest BCUT2D eigenvalue weighted by molar-refractivity contribution is 5.77. The zero-order chi connectivity index (χ0) is 14.1. The lowest BCUT2D eigenvalue weighted by molar-refractivity contribution is 0.312. The molecule has 0 atom stereocenters. The minimum absolute atomic E-state index is 0.429. The average Bonchev–Trinajstić information content (AvgIpc) is 2.46. The molecule has 5 nitrogen and oxygen atoms in total. The fourth-order valence-electron chi connectivity index (χ4n) is 2.60. The van der Waals surface area contributed by atoms with Crippen molar-refractivity contribution < 1.29 is 0 Å². The predicted molar refractivity (Wildman–Crippen MR) is 81.9 cm³/mol. The van der Waals surface area contributed by atoms with Gasteiger partial charge in [0.2, 0.25) is 0 Å². The van der Waals surface area contributed by atoms with Crippen LogP contribution in [0.3, 0.4) is 0 Å². The Morgan fingerprint density at radius 2 is 1.85 bits per heavy atom. The first-order valence-corrected chi connectivity index (χ1v) is 7.08. The molecule has 0 saturated carbocycles. The molecule has 0 amide bonds. The van der Waals surface area contributed by atoms with Gasteiger partial charge in [0.1, 0.15) is 0 Å². The molecule has 1 saturated heterocycles. The van der Waals surface area contributed by atoms with Crippen LogP contribution in [0.15, 0.2) is 18.2 Å². The molecule has 0 aliphatic carbocycles. The summed E-state index contributed by atoms with van der Waals surface area (Å²) in [6, 6.07) is 6.18. The van der Waals surface area contributed by atoms with Gasteiger partial charge in [-0.1, -0.05) is 6.07 Å². The van der Waals surface area contributed by atoms with Gasteiger partial charge in [-0.15, -0.1) is 0 Å². The van der Waals surface area contributed by atoms with Gasteiger partial charge < -0.3 is 15.5 Å². The van der Waals surface area contributed by atoms with Gasteiger partial charge in [-0.25, -0.2) is 9.97 Å². The second-order valence-corrected chi connectivity index (χ2v) is 5.48. The fourth-order valence-corrected chi connectivity index (χ4v) is 2.60. The molecule has 3 rings (SSSR count). The van der Waals surface area contributed by atoms with Crippen LogP contribution in [-0.2, 0) is 6.54 Å². The van der Waals surface area contributed by atoms with E-state index >= 15 is 0 Å². The smallest absolute Gasteiger partial charge is 0.152 e. The third kappa shape index (κ3) is 2.46. The largest absolute Gasteiger partial charge is 0.352 e. The van der Waals surface area contributed by atoms with Gasteiger partial charge in [-0.05, 0) is 31.7 Å². The Hall–Kier alpha value is -1.72. The number of anilines is 1. The zero-order valence-corrected chi connectivity index (χ0v) is 12.1. The lowest BCUT2D eigenvalue weighted by Gasteiger charge is -2.34. The summed E-state index contributed by atoms with van der Waals surface area (Å²) < 4.78 is 0. The van der Waals surface area contributed by atoms with Gasteiger partial charge in [0.15, 0.2) is 5.82 Å². The van der Waals surface area contributed by atoms with Crippen LogP contribution in [-0.4, -0.2) is 48.1 Å². The summed E-state index contributed by atoms with van der Waals surface area (Å²) in [6.07, 6.45) is 0. The van der Waals surface area contributed by atoms with E-state index in [1.807, 2.05) is 6.07 Å². The normalized spacial score (nSPS) is 16.9. The Morgan fingerprint density at radius 3 is 2.55 bits per heavy atom. The molecule has 2 heterocycles. The van der Waals surface area contributed by atoms with E-state index in [0.717, 1.165) is 48.7 Å². The Balaban J connectivity index is 2.03. The molecule has 106 valence electrons. The van der Waals surface area contributed by atoms with Gasteiger partial charge in [-0.2, -0.15) is 0 Å². The second-order valence-electron chi connectivity index (χ2n) is 5.48. The van der Waals surface area contributed by atoms with Crippen molar-refractivity contribution >= 4 is 16.9 Å². The van der Waals surface area contributed by atoms with Crippen molar-refractivity contribution in [2.45, 2.75) is 13.5 Å². The van der Waals surface area contributed by atoms with Crippen LogP contribution in [0.2, 0.25) is 0 Å². The molecule has 5 heteroatoms. The Kier molecular flexibility index (Phi) is 3.54. The fraction of sp³-hybridized carbons (Fsp3) is 0.467. The molecule has 1 aliphatic rings. The number of piperazine rings is 1. The molecule has 0 unspecified atom stereocenters. The highest BCUT2D eigenvalue weighted by Gasteiger charge is 2.19. The number of aromatic nitrogens is 2. The highest BCUT2D eigenvalue weighted by atomic mass is 15.3. The number of hydrogen-bond acceptors (Lipinski definition) is 5. The quantitative estimate of drug-likeness (QED) is 0.888. The maximum Gasteiger partial charge on any atom is 0.152 e. The van der Waals surface area contributed by atoms with Crippen LogP contribution >= 0.6 is 0 Å². The number of rotatable bonds is 2. The van der Waals surface area contributed by atoms with E-state index in [0.29, 0.717) is 6.54 Å². The minimum atomic E-state index is 0.429. The molecular formula is C15H21N5. The number of nitrogens with two attached hydrogens (primary N) is 1. The highest BCUT2D eigenvalue weighted by Crippen LogP contribution is 2.22. The SMILES string of the molecule is Cc1ccc2nc(N3CCN(C)CC3)c(CN)nc2c1. The van der Waals surface area contributed by atoms with Gasteiger partial charge in [0, 0.05) is 32.7 Å². The molecule has 1 aromatic heterocycles. The molecule has 2 aromatic rings. The first-order chi connectivity index (χ1) is 9.67. The summed E-state index contributed by atoms with van der Waals surface area (Å²) in [4.78, 5) is 14.1. The molecule has 0 radical (unpaired) electrons. The van der Waals surface area contributed by atoms with Crippen LogP contribution in [0.5, 0.6) is 0 Å². The van der Waals surface area contributed by atoms with E-state index in [2.05, 4.69) is 35.9 Å². The zero-order valence-electron chi connectivity index (χ0n) is 12.1. The molecule has 1 fully saturated rings. The van der Waals surface area contributed by atoms with E-state index in [-0.39, 0.29) is 0 Å². The van der Waals surface area contributed by atoms with E-state index in [1.165, 1.54) is 5.56 Å².